The summed E-state index contributed by atoms with van der Waals surface area (Å²) >= 11 is 12.0. The zero-order valence-corrected chi connectivity index (χ0v) is 15.2. The first kappa shape index (κ1) is 20.3. The van der Waals surface area contributed by atoms with Gasteiger partial charge < -0.3 is 15.7 Å². The van der Waals surface area contributed by atoms with Gasteiger partial charge in [-0.1, -0.05) is 28.4 Å². The molecule has 142 valence electrons. The summed E-state index contributed by atoms with van der Waals surface area (Å²) in [6.07, 6.45) is -3.92. The third-order valence-corrected chi connectivity index (χ3v) is 5.18. The third-order valence-electron chi connectivity index (χ3n) is 3.08. The Balaban J connectivity index is 2.37. The summed E-state index contributed by atoms with van der Waals surface area (Å²) in [5, 5.41) is 14.0. The second-order valence-corrected chi connectivity index (χ2v) is 7.30. The Labute approximate surface area is 157 Å². The molecule has 0 radical (unpaired) electrons. The molecule has 0 bridgehead atoms. The number of alkyl halides is 3. The summed E-state index contributed by atoms with van der Waals surface area (Å²) in [5.74, 6) is -0.594. The Bertz CT molecular complexity index is 850. The predicted molar refractivity (Wildman–Crippen MR) is 91.1 cm³/mol. The molecule has 0 aliphatic heterocycles. The van der Waals surface area contributed by atoms with Crippen molar-refractivity contribution in [3.05, 3.63) is 39.5 Å². The van der Waals surface area contributed by atoms with Gasteiger partial charge in [-0.15, -0.1) is 13.2 Å². The molecule has 26 heavy (non-hydrogen) atoms. The van der Waals surface area contributed by atoms with E-state index in [0.29, 0.717) is 0 Å². The molecule has 7 nitrogen and oxygen atoms in total. The Morgan fingerprint density at radius 3 is 2.46 bits per heavy atom. The molecule has 2 aromatic rings. The third kappa shape index (κ3) is 4.59. The first-order chi connectivity index (χ1) is 12.0. The fourth-order valence-corrected chi connectivity index (χ4v) is 4.17. The maximum Gasteiger partial charge on any atom is 0.573 e. The van der Waals surface area contributed by atoms with Gasteiger partial charge in [0, 0.05) is 11.6 Å². The van der Waals surface area contributed by atoms with Gasteiger partial charge in [0.15, 0.2) is 0 Å². The van der Waals surface area contributed by atoms with E-state index in [2.05, 4.69) is 15.0 Å². The van der Waals surface area contributed by atoms with E-state index in [-0.39, 0.29) is 27.1 Å². The lowest BCUT2D eigenvalue weighted by molar-refractivity contribution is -0.274. The highest BCUT2D eigenvalue weighted by Gasteiger charge is 2.32. The standard InChI is InChI=1S/C13H11Cl2F3N4O3S/c1-6(26(24)22-11(19)2-7(21-22)5-20-23)12-9(14)3-8(4-10(12)15)25-13(16,17)18/h2-6,23H,19H2,1H3. The van der Waals surface area contributed by atoms with Crippen LogP contribution >= 0.6 is 23.2 Å². The molecular formula is C13H11Cl2F3N4O3S. The van der Waals surface area contributed by atoms with Crippen LogP contribution < -0.4 is 10.5 Å². The van der Waals surface area contributed by atoms with Crippen molar-refractivity contribution >= 4 is 46.2 Å². The van der Waals surface area contributed by atoms with Crippen molar-refractivity contribution in [1.82, 2.24) is 9.19 Å². The lowest BCUT2D eigenvalue weighted by Gasteiger charge is -2.17. The van der Waals surface area contributed by atoms with Crippen LogP contribution in [0.2, 0.25) is 10.0 Å². The molecule has 0 amide bonds. The normalized spacial score (nSPS) is 14.5. The Hall–Kier alpha value is -1.98. The molecule has 0 saturated carbocycles. The maximum atomic E-state index is 12.7. The minimum atomic E-state index is -4.91. The number of oxime groups is 1. The number of ether oxygens (including phenoxy) is 1. The van der Waals surface area contributed by atoms with E-state index in [1.807, 2.05) is 0 Å². The largest absolute Gasteiger partial charge is 0.573 e. The topological polar surface area (TPSA) is 103 Å². The molecule has 0 spiro atoms. The summed E-state index contributed by atoms with van der Waals surface area (Å²) in [4.78, 5) is 0. The van der Waals surface area contributed by atoms with Crippen LogP contribution in [-0.4, -0.2) is 31.2 Å². The molecule has 0 aliphatic rings. The van der Waals surface area contributed by atoms with Gasteiger partial charge in [-0.25, -0.2) is 4.21 Å². The molecule has 0 fully saturated rings. The molecule has 2 rings (SSSR count). The van der Waals surface area contributed by atoms with Crippen molar-refractivity contribution in [3.8, 4) is 5.75 Å². The number of hydrogen-bond donors (Lipinski definition) is 2. The quantitative estimate of drug-likeness (QED) is 0.427. The van der Waals surface area contributed by atoms with E-state index >= 15 is 0 Å². The average molecular weight is 431 g/mol. The predicted octanol–water partition coefficient (Wildman–Crippen LogP) is 3.75. The highest BCUT2D eigenvalue weighted by atomic mass is 35.5. The summed E-state index contributed by atoms with van der Waals surface area (Å²) in [6.45, 7) is 1.48. The van der Waals surface area contributed by atoms with E-state index in [1.54, 1.807) is 0 Å². The minimum absolute atomic E-state index is 0.00866. The molecule has 1 aromatic heterocycles. The Morgan fingerprint density at radius 1 is 1.38 bits per heavy atom. The number of nitrogens with two attached hydrogens (primary N) is 1. The van der Waals surface area contributed by atoms with Crippen LogP contribution in [0.3, 0.4) is 0 Å². The number of benzene rings is 1. The van der Waals surface area contributed by atoms with Gasteiger partial charge in [-0.2, -0.15) is 9.19 Å². The molecule has 1 aromatic carbocycles. The van der Waals surface area contributed by atoms with Crippen molar-refractivity contribution in [3.63, 3.8) is 0 Å². The van der Waals surface area contributed by atoms with E-state index in [4.69, 9.17) is 34.1 Å². The van der Waals surface area contributed by atoms with Crippen molar-refractivity contribution in [2.75, 3.05) is 5.73 Å². The highest BCUT2D eigenvalue weighted by Crippen LogP contribution is 2.38. The molecule has 0 aliphatic carbocycles. The van der Waals surface area contributed by atoms with Crippen LogP contribution in [0, 0.1) is 0 Å². The highest BCUT2D eigenvalue weighted by molar-refractivity contribution is 7.83. The Morgan fingerprint density at radius 2 is 1.96 bits per heavy atom. The van der Waals surface area contributed by atoms with Gasteiger partial charge in [0.2, 0.25) is 0 Å². The van der Waals surface area contributed by atoms with E-state index in [9.17, 15) is 17.4 Å². The zero-order chi connectivity index (χ0) is 19.6. The van der Waals surface area contributed by atoms with Gasteiger partial charge >= 0.3 is 6.36 Å². The van der Waals surface area contributed by atoms with Crippen LogP contribution in [0.25, 0.3) is 0 Å². The molecule has 1 heterocycles. The van der Waals surface area contributed by atoms with Gasteiger partial charge in [0.1, 0.15) is 28.2 Å². The first-order valence-electron chi connectivity index (χ1n) is 6.72. The van der Waals surface area contributed by atoms with E-state index in [1.165, 1.54) is 13.0 Å². The van der Waals surface area contributed by atoms with Crippen molar-refractivity contribution in [1.29, 1.82) is 0 Å². The molecule has 2 unspecified atom stereocenters. The van der Waals surface area contributed by atoms with Gasteiger partial charge in [0.05, 0.1) is 21.5 Å². The van der Waals surface area contributed by atoms with Gasteiger partial charge in [-0.3, -0.25) is 0 Å². The fraction of sp³-hybridized carbons (Fsp3) is 0.231. The zero-order valence-electron chi connectivity index (χ0n) is 12.9. The van der Waals surface area contributed by atoms with Crippen LogP contribution in [0.15, 0.2) is 23.4 Å². The lowest BCUT2D eigenvalue weighted by atomic mass is 10.1. The molecule has 0 saturated heterocycles. The molecule has 2 atom stereocenters. The summed E-state index contributed by atoms with van der Waals surface area (Å²) in [7, 11) is -1.91. The number of halogens is 5. The lowest BCUT2D eigenvalue weighted by Crippen LogP contribution is -2.18. The van der Waals surface area contributed by atoms with E-state index in [0.717, 1.165) is 22.4 Å². The Kier molecular flexibility index (Phi) is 6.04. The first-order valence-corrected chi connectivity index (χ1v) is 8.64. The average Bonchev–Trinajstić information content (AvgIpc) is 2.84. The molecule has 3 N–H and O–H groups in total. The number of nitrogens with zero attached hydrogens (tertiary/aromatic N) is 3. The minimum Gasteiger partial charge on any atom is -0.411 e. The van der Waals surface area contributed by atoms with Crippen LogP contribution in [-0.2, 0) is 11.0 Å². The number of nitrogen functional groups attached to an aromatic ring is 1. The fourth-order valence-electron chi connectivity index (χ4n) is 2.06. The number of anilines is 1. The molecule has 13 heteroatoms. The monoisotopic (exact) mass is 430 g/mol. The van der Waals surface area contributed by atoms with Gasteiger partial charge in [-0.05, 0) is 19.1 Å². The number of rotatable bonds is 5. The summed E-state index contributed by atoms with van der Waals surface area (Å²) < 4.78 is 54.4. The number of hydrogen-bond acceptors (Lipinski definition) is 6. The smallest absolute Gasteiger partial charge is 0.411 e. The molecular weight excluding hydrogens is 420 g/mol. The van der Waals surface area contributed by atoms with Crippen LogP contribution in [0.1, 0.15) is 23.4 Å². The van der Waals surface area contributed by atoms with Gasteiger partial charge in [0.25, 0.3) is 0 Å². The van der Waals surface area contributed by atoms with E-state index < -0.39 is 28.3 Å². The second-order valence-electron chi connectivity index (χ2n) is 4.88. The van der Waals surface area contributed by atoms with Crippen molar-refractivity contribution in [2.24, 2.45) is 5.16 Å². The second kappa shape index (κ2) is 7.72. The summed E-state index contributed by atoms with van der Waals surface area (Å²) in [5.41, 5.74) is 5.99. The van der Waals surface area contributed by atoms with Crippen molar-refractivity contribution in [2.45, 2.75) is 18.5 Å². The summed E-state index contributed by atoms with van der Waals surface area (Å²) in [6, 6.07) is 3.15. The van der Waals surface area contributed by atoms with Crippen LogP contribution in [0.4, 0.5) is 19.0 Å². The number of aromatic nitrogens is 2. The maximum absolute atomic E-state index is 12.7. The van der Waals surface area contributed by atoms with Crippen LogP contribution in [0.5, 0.6) is 5.75 Å². The SMILES string of the molecule is CC(c1c(Cl)cc(OC(F)(F)F)cc1Cl)S(=O)n1nc(C=NO)cc1N. The van der Waals surface area contributed by atoms with Crippen molar-refractivity contribution < 1.29 is 27.3 Å².